The van der Waals surface area contributed by atoms with Crippen LogP contribution in [0, 0.1) is 6.92 Å². The summed E-state index contributed by atoms with van der Waals surface area (Å²) in [5, 5.41) is 0. The smallest absolute Gasteiger partial charge is 0.0557 e. The monoisotopic (exact) mass is 236 g/mol. The van der Waals surface area contributed by atoms with E-state index in [1.807, 2.05) is 0 Å². The molecule has 0 bridgehead atoms. The van der Waals surface area contributed by atoms with E-state index in [2.05, 4.69) is 66.1 Å². The average Bonchev–Trinajstić information content (AvgIpc) is 2.74. The van der Waals surface area contributed by atoms with Gasteiger partial charge in [-0.25, -0.2) is 0 Å². The zero-order valence-corrected chi connectivity index (χ0v) is 10.4. The van der Waals surface area contributed by atoms with Gasteiger partial charge in [0.25, 0.3) is 0 Å². The summed E-state index contributed by atoms with van der Waals surface area (Å²) in [5.74, 6) is 0. The average molecular weight is 236 g/mol. The molecule has 2 aromatic heterocycles. The van der Waals surface area contributed by atoms with Crippen LogP contribution in [0.5, 0.6) is 0 Å². The van der Waals surface area contributed by atoms with Gasteiger partial charge < -0.3 is 10.1 Å². The first-order valence-electron chi connectivity index (χ1n) is 6.15. The van der Waals surface area contributed by atoms with Crippen LogP contribution in [-0.2, 0) is 6.54 Å². The third-order valence-electron chi connectivity index (χ3n) is 3.31. The van der Waals surface area contributed by atoms with E-state index >= 15 is 0 Å². The fraction of sp³-hybridized carbons (Fsp3) is 0.125. The minimum atomic E-state index is 0.580. The first kappa shape index (κ1) is 11.1. The standard InChI is InChI=1S/C16H16N2/c1-12-9-15-7-2-3-8-18(15)16(12)14-6-4-5-13(10-14)11-17/h2-10H,11,17H2,1H3. The van der Waals surface area contributed by atoms with Gasteiger partial charge in [0.2, 0.25) is 0 Å². The maximum atomic E-state index is 5.72. The molecule has 3 rings (SSSR count). The van der Waals surface area contributed by atoms with Crippen LogP contribution in [0.3, 0.4) is 0 Å². The van der Waals surface area contributed by atoms with E-state index in [4.69, 9.17) is 5.73 Å². The van der Waals surface area contributed by atoms with Crippen LogP contribution < -0.4 is 5.73 Å². The van der Waals surface area contributed by atoms with E-state index < -0.39 is 0 Å². The summed E-state index contributed by atoms with van der Waals surface area (Å²) in [4.78, 5) is 0. The number of hydrogen-bond acceptors (Lipinski definition) is 1. The van der Waals surface area contributed by atoms with Crippen LogP contribution >= 0.6 is 0 Å². The van der Waals surface area contributed by atoms with E-state index in [-0.39, 0.29) is 0 Å². The molecule has 2 N–H and O–H groups in total. The van der Waals surface area contributed by atoms with E-state index in [1.54, 1.807) is 0 Å². The Labute approximate surface area is 107 Å². The van der Waals surface area contributed by atoms with Gasteiger partial charge >= 0.3 is 0 Å². The second-order valence-corrected chi connectivity index (χ2v) is 4.58. The van der Waals surface area contributed by atoms with Crippen molar-refractivity contribution >= 4 is 5.52 Å². The molecule has 0 saturated carbocycles. The van der Waals surface area contributed by atoms with Crippen molar-refractivity contribution in [3.8, 4) is 11.3 Å². The second kappa shape index (κ2) is 4.31. The molecule has 0 spiro atoms. The number of pyridine rings is 1. The van der Waals surface area contributed by atoms with Crippen molar-refractivity contribution in [3.63, 3.8) is 0 Å². The minimum absolute atomic E-state index is 0.580. The Hall–Kier alpha value is -2.06. The number of hydrogen-bond donors (Lipinski definition) is 1. The lowest BCUT2D eigenvalue weighted by atomic mass is 10.1. The molecule has 90 valence electrons. The molecule has 1 aromatic carbocycles. The Balaban J connectivity index is 2.27. The molecule has 0 fully saturated rings. The zero-order valence-electron chi connectivity index (χ0n) is 10.4. The highest BCUT2D eigenvalue weighted by atomic mass is 14.9. The summed E-state index contributed by atoms with van der Waals surface area (Å²) in [6.45, 7) is 2.73. The Morgan fingerprint density at radius 3 is 2.78 bits per heavy atom. The molecule has 18 heavy (non-hydrogen) atoms. The summed E-state index contributed by atoms with van der Waals surface area (Å²) >= 11 is 0. The normalized spacial score (nSPS) is 11.0. The number of nitrogens with zero attached hydrogens (tertiary/aromatic N) is 1. The molecule has 0 aliphatic carbocycles. The van der Waals surface area contributed by atoms with Crippen LogP contribution in [0.4, 0.5) is 0 Å². The van der Waals surface area contributed by atoms with Crippen LogP contribution in [-0.4, -0.2) is 4.40 Å². The van der Waals surface area contributed by atoms with Gasteiger partial charge in [-0.1, -0.05) is 24.3 Å². The topological polar surface area (TPSA) is 30.4 Å². The lowest BCUT2D eigenvalue weighted by molar-refractivity contribution is 1.07. The highest BCUT2D eigenvalue weighted by Gasteiger charge is 2.08. The Kier molecular flexibility index (Phi) is 2.65. The third kappa shape index (κ3) is 1.71. The predicted octanol–water partition coefficient (Wildman–Crippen LogP) is 3.37. The number of nitrogens with two attached hydrogens (primary N) is 1. The number of aryl methyl sites for hydroxylation is 1. The molecule has 0 saturated heterocycles. The molecule has 0 aliphatic rings. The largest absolute Gasteiger partial charge is 0.326 e. The molecule has 2 heteroatoms. The van der Waals surface area contributed by atoms with E-state index in [9.17, 15) is 0 Å². The highest BCUT2D eigenvalue weighted by Crippen LogP contribution is 2.27. The molecule has 0 aliphatic heterocycles. The fourth-order valence-corrected chi connectivity index (χ4v) is 2.47. The van der Waals surface area contributed by atoms with Gasteiger partial charge in [0.1, 0.15) is 0 Å². The Bertz CT molecular complexity index is 695. The van der Waals surface area contributed by atoms with Crippen molar-refractivity contribution in [2.45, 2.75) is 13.5 Å². The first-order chi connectivity index (χ1) is 8.79. The Morgan fingerprint density at radius 1 is 1.06 bits per heavy atom. The quantitative estimate of drug-likeness (QED) is 0.726. The van der Waals surface area contributed by atoms with Crippen LogP contribution in [0.25, 0.3) is 16.8 Å². The van der Waals surface area contributed by atoms with E-state index in [1.165, 1.54) is 22.3 Å². The number of rotatable bonds is 2. The SMILES string of the molecule is Cc1cc2ccccn2c1-c1cccc(CN)c1. The summed E-state index contributed by atoms with van der Waals surface area (Å²) < 4.78 is 2.23. The van der Waals surface area contributed by atoms with Gasteiger partial charge in [0.05, 0.1) is 5.69 Å². The zero-order chi connectivity index (χ0) is 12.5. The summed E-state index contributed by atoms with van der Waals surface area (Å²) in [6, 6.07) is 16.9. The van der Waals surface area contributed by atoms with Crippen molar-refractivity contribution < 1.29 is 0 Å². The predicted molar refractivity (Wildman–Crippen MR) is 75.5 cm³/mol. The molecule has 0 radical (unpaired) electrons. The van der Waals surface area contributed by atoms with Gasteiger partial charge in [-0.05, 0) is 47.9 Å². The van der Waals surface area contributed by atoms with Gasteiger partial charge in [0, 0.05) is 18.3 Å². The lowest BCUT2D eigenvalue weighted by Crippen LogP contribution is -1.96. The summed E-state index contributed by atoms with van der Waals surface area (Å²) in [5.41, 5.74) is 11.9. The highest BCUT2D eigenvalue weighted by molar-refractivity contribution is 5.71. The van der Waals surface area contributed by atoms with E-state index in [0.717, 1.165) is 5.56 Å². The van der Waals surface area contributed by atoms with Crippen molar-refractivity contribution in [1.29, 1.82) is 0 Å². The minimum Gasteiger partial charge on any atom is -0.326 e. The van der Waals surface area contributed by atoms with Crippen LogP contribution in [0.15, 0.2) is 54.7 Å². The second-order valence-electron chi connectivity index (χ2n) is 4.58. The maximum Gasteiger partial charge on any atom is 0.0557 e. The first-order valence-corrected chi connectivity index (χ1v) is 6.15. The number of benzene rings is 1. The molecular formula is C16H16N2. The molecule has 0 amide bonds. The van der Waals surface area contributed by atoms with Crippen molar-refractivity contribution in [1.82, 2.24) is 4.40 Å². The van der Waals surface area contributed by atoms with Crippen LogP contribution in [0.2, 0.25) is 0 Å². The van der Waals surface area contributed by atoms with Gasteiger partial charge in [-0.3, -0.25) is 0 Å². The molecule has 0 unspecified atom stereocenters. The van der Waals surface area contributed by atoms with E-state index in [0.29, 0.717) is 6.54 Å². The van der Waals surface area contributed by atoms with Gasteiger partial charge in [-0.15, -0.1) is 0 Å². The molecule has 3 aromatic rings. The molecule has 0 atom stereocenters. The number of aromatic nitrogens is 1. The van der Waals surface area contributed by atoms with Crippen molar-refractivity contribution in [2.24, 2.45) is 5.73 Å². The van der Waals surface area contributed by atoms with Crippen molar-refractivity contribution in [3.05, 3.63) is 65.9 Å². The summed E-state index contributed by atoms with van der Waals surface area (Å²) in [6.07, 6.45) is 2.10. The van der Waals surface area contributed by atoms with Crippen molar-refractivity contribution in [2.75, 3.05) is 0 Å². The summed E-state index contributed by atoms with van der Waals surface area (Å²) in [7, 11) is 0. The Morgan fingerprint density at radius 2 is 1.94 bits per heavy atom. The third-order valence-corrected chi connectivity index (χ3v) is 3.31. The molecule has 2 nitrogen and oxygen atoms in total. The number of fused-ring (bicyclic) bond motifs is 1. The molecule has 2 heterocycles. The molecular weight excluding hydrogens is 220 g/mol. The fourth-order valence-electron chi connectivity index (χ4n) is 2.47. The van der Waals surface area contributed by atoms with Gasteiger partial charge in [-0.2, -0.15) is 0 Å². The van der Waals surface area contributed by atoms with Crippen LogP contribution in [0.1, 0.15) is 11.1 Å². The maximum absolute atomic E-state index is 5.72. The van der Waals surface area contributed by atoms with Gasteiger partial charge in [0.15, 0.2) is 0 Å². The lowest BCUT2D eigenvalue weighted by Gasteiger charge is -2.06.